The second-order valence-electron chi connectivity index (χ2n) is 8.28. The highest BCUT2D eigenvalue weighted by Crippen LogP contribution is 2.23. The lowest BCUT2D eigenvalue weighted by molar-refractivity contribution is 0.102. The molecule has 0 unspecified atom stereocenters. The van der Waals surface area contributed by atoms with Crippen molar-refractivity contribution < 1.29 is 9.53 Å². The van der Waals surface area contributed by atoms with Crippen LogP contribution in [0.1, 0.15) is 36.5 Å². The zero-order valence-electron chi connectivity index (χ0n) is 19.3. The smallest absolute Gasteiger partial charge is 0.255 e. The van der Waals surface area contributed by atoms with E-state index in [1.54, 1.807) is 31.4 Å². The molecule has 1 aliphatic heterocycles. The van der Waals surface area contributed by atoms with E-state index in [1.807, 2.05) is 12.1 Å². The van der Waals surface area contributed by atoms with Crippen molar-refractivity contribution in [1.82, 2.24) is 19.4 Å². The molecule has 7 nitrogen and oxygen atoms in total. The first-order valence-corrected chi connectivity index (χ1v) is 11.5. The third kappa shape index (κ3) is 4.95. The van der Waals surface area contributed by atoms with Gasteiger partial charge in [0.05, 0.1) is 24.7 Å². The van der Waals surface area contributed by atoms with Gasteiger partial charge >= 0.3 is 0 Å². The van der Waals surface area contributed by atoms with E-state index in [1.165, 1.54) is 0 Å². The summed E-state index contributed by atoms with van der Waals surface area (Å²) in [6.07, 6.45) is 1.05. The number of nitrogens with zero attached hydrogens (tertiary/aromatic N) is 4. The Morgan fingerprint density at radius 1 is 1.03 bits per heavy atom. The van der Waals surface area contributed by atoms with E-state index in [0.717, 1.165) is 80.5 Å². The van der Waals surface area contributed by atoms with Crippen molar-refractivity contribution in [2.24, 2.45) is 0 Å². The van der Waals surface area contributed by atoms with E-state index in [4.69, 9.17) is 9.72 Å². The van der Waals surface area contributed by atoms with Gasteiger partial charge in [-0.2, -0.15) is 0 Å². The maximum absolute atomic E-state index is 12.7. The Morgan fingerprint density at radius 2 is 1.75 bits per heavy atom. The number of carbonyl (C=O) groups is 1. The Kier molecular flexibility index (Phi) is 7.07. The van der Waals surface area contributed by atoms with Gasteiger partial charge in [-0.25, -0.2) is 4.98 Å². The number of methoxy groups -OCH3 is 1. The van der Waals surface area contributed by atoms with Gasteiger partial charge in [-0.15, -0.1) is 0 Å². The Morgan fingerprint density at radius 3 is 2.41 bits per heavy atom. The van der Waals surface area contributed by atoms with Crippen molar-refractivity contribution in [3.63, 3.8) is 0 Å². The molecule has 0 bridgehead atoms. The summed E-state index contributed by atoms with van der Waals surface area (Å²) < 4.78 is 7.50. The highest BCUT2D eigenvalue weighted by molar-refractivity contribution is 6.05. The first-order chi connectivity index (χ1) is 15.6. The number of carbonyl (C=O) groups excluding carboxylic acids is 1. The highest BCUT2D eigenvalue weighted by Gasteiger charge is 2.19. The van der Waals surface area contributed by atoms with Crippen LogP contribution in [0.5, 0.6) is 5.75 Å². The molecule has 0 atom stereocenters. The minimum Gasteiger partial charge on any atom is -0.497 e. The molecule has 1 saturated heterocycles. The van der Waals surface area contributed by atoms with Crippen molar-refractivity contribution in [2.75, 3.05) is 45.2 Å². The molecule has 2 heterocycles. The lowest BCUT2D eigenvalue weighted by atomic mass is 10.2. The molecule has 1 N–H and O–H groups in total. The first-order valence-electron chi connectivity index (χ1n) is 11.5. The van der Waals surface area contributed by atoms with Crippen molar-refractivity contribution in [3.05, 3.63) is 53.9 Å². The summed E-state index contributed by atoms with van der Waals surface area (Å²) in [4.78, 5) is 22.6. The maximum atomic E-state index is 12.7. The fraction of sp³-hybridized carbons (Fsp3) is 0.440. The predicted octanol–water partition coefficient (Wildman–Crippen LogP) is 3.84. The van der Waals surface area contributed by atoms with Gasteiger partial charge in [-0.3, -0.25) is 9.69 Å². The Balaban J connectivity index is 1.52. The summed E-state index contributed by atoms with van der Waals surface area (Å²) in [5, 5.41) is 3.00. The number of imidazole rings is 1. The zero-order chi connectivity index (χ0) is 22.5. The highest BCUT2D eigenvalue weighted by atomic mass is 16.5. The van der Waals surface area contributed by atoms with E-state index in [0.29, 0.717) is 5.56 Å². The van der Waals surface area contributed by atoms with Gasteiger partial charge in [-0.1, -0.05) is 13.8 Å². The van der Waals surface area contributed by atoms with Gasteiger partial charge in [0.2, 0.25) is 0 Å². The number of fused-ring (bicyclic) bond motifs is 1. The summed E-state index contributed by atoms with van der Waals surface area (Å²) in [7, 11) is 1.61. The van der Waals surface area contributed by atoms with Crippen LogP contribution >= 0.6 is 0 Å². The van der Waals surface area contributed by atoms with E-state index in [2.05, 4.69) is 39.6 Å². The van der Waals surface area contributed by atoms with Crippen LogP contribution in [-0.2, 0) is 13.1 Å². The molecule has 170 valence electrons. The minimum absolute atomic E-state index is 0.144. The number of benzene rings is 2. The summed E-state index contributed by atoms with van der Waals surface area (Å²) >= 11 is 0. The van der Waals surface area contributed by atoms with Crippen LogP contribution in [0.2, 0.25) is 0 Å². The van der Waals surface area contributed by atoms with Gasteiger partial charge < -0.3 is 19.5 Å². The topological polar surface area (TPSA) is 62.6 Å². The number of piperazine rings is 1. The van der Waals surface area contributed by atoms with E-state index >= 15 is 0 Å². The average Bonchev–Trinajstić information content (AvgIpc) is 3.16. The number of aryl methyl sites for hydroxylation is 1. The molecule has 7 heteroatoms. The first kappa shape index (κ1) is 22.3. The standard InChI is InChI=1S/C25H33N5O2/c1-4-12-30-23-11-8-20(26-25(31)19-6-9-21(32-3)10-7-19)17-22(23)27-24(30)18-29-15-13-28(5-2)14-16-29/h6-11,17H,4-5,12-16,18H2,1-3H3,(H,26,31). The second-order valence-corrected chi connectivity index (χ2v) is 8.28. The quantitative estimate of drug-likeness (QED) is 0.582. The lowest BCUT2D eigenvalue weighted by Crippen LogP contribution is -2.45. The molecule has 0 radical (unpaired) electrons. The Labute approximate surface area is 190 Å². The number of aromatic nitrogens is 2. The van der Waals surface area contributed by atoms with Gasteiger partial charge in [0.25, 0.3) is 5.91 Å². The molecule has 0 saturated carbocycles. The average molecular weight is 436 g/mol. The van der Waals surface area contributed by atoms with Crippen molar-refractivity contribution >= 4 is 22.6 Å². The van der Waals surface area contributed by atoms with E-state index in [9.17, 15) is 4.79 Å². The summed E-state index contributed by atoms with van der Waals surface area (Å²) in [5.41, 5.74) is 3.39. The number of nitrogens with one attached hydrogen (secondary N) is 1. The number of rotatable bonds is 8. The molecule has 1 amide bonds. The Hall–Kier alpha value is -2.90. The van der Waals surface area contributed by atoms with Gasteiger partial charge in [-0.05, 0) is 55.4 Å². The van der Waals surface area contributed by atoms with Crippen molar-refractivity contribution in [1.29, 1.82) is 0 Å². The number of amides is 1. The second kappa shape index (κ2) is 10.1. The molecule has 3 aromatic rings. The van der Waals surface area contributed by atoms with Crippen molar-refractivity contribution in [3.8, 4) is 5.75 Å². The van der Waals surface area contributed by atoms with Crippen molar-refractivity contribution in [2.45, 2.75) is 33.4 Å². The summed E-state index contributed by atoms with van der Waals surface area (Å²) in [6, 6.07) is 13.1. The van der Waals surface area contributed by atoms with Crippen LogP contribution in [0.25, 0.3) is 11.0 Å². The van der Waals surface area contributed by atoms with Gasteiger partial charge in [0.15, 0.2) is 0 Å². The number of likely N-dealkylation sites (N-methyl/N-ethyl adjacent to an activating group) is 1. The summed E-state index contributed by atoms with van der Waals surface area (Å²) in [5.74, 6) is 1.69. The third-order valence-corrected chi connectivity index (χ3v) is 6.16. The molecule has 4 rings (SSSR count). The number of anilines is 1. The summed E-state index contributed by atoms with van der Waals surface area (Å²) in [6.45, 7) is 11.7. The molecule has 0 spiro atoms. The van der Waals surface area contributed by atoms with Gasteiger partial charge in [0.1, 0.15) is 11.6 Å². The van der Waals surface area contributed by atoms with Crippen LogP contribution in [0, 0.1) is 0 Å². The van der Waals surface area contributed by atoms with Crippen LogP contribution in [0.15, 0.2) is 42.5 Å². The normalized spacial score (nSPS) is 15.2. The third-order valence-electron chi connectivity index (χ3n) is 6.16. The minimum atomic E-state index is -0.144. The number of ether oxygens (including phenoxy) is 1. The number of hydrogen-bond donors (Lipinski definition) is 1. The lowest BCUT2D eigenvalue weighted by Gasteiger charge is -2.33. The molecule has 1 fully saturated rings. The molecule has 1 aromatic heterocycles. The zero-order valence-corrected chi connectivity index (χ0v) is 19.3. The van der Waals surface area contributed by atoms with Crippen LogP contribution in [0.3, 0.4) is 0 Å². The van der Waals surface area contributed by atoms with Gasteiger partial charge in [0, 0.05) is 44.0 Å². The molecule has 1 aliphatic rings. The van der Waals surface area contributed by atoms with E-state index < -0.39 is 0 Å². The van der Waals surface area contributed by atoms with Crippen LogP contribution in [0.4, 0.5) is 5.69 Å². The molecular formula is C25H33N5O2. The fourth-order valence-electron chi connectivity index (χ4n) is 4.26. The SMILES string of the molecule is CCCn1c(CN2CCN(CC)CC2)nc2cc(NC(=O)c3ccc(OC)cc3)ccc21. The monoisotopic (exact) mass is 435 g/mol. The maximum Gasteiger partial charge on any atom is 0.255 e. The van der Waals surface area contributed by atoms with Crippen LogP contribution < -0.4 is 10.1 Å². The number of hydrogen-bond acceptors (Lipinski definition) is 5. The molecular weight excluding hydrogens is 402 g/mol. The largest absolute Gasteiger partial charge is 0.497 e. The van der Waals surface area contributed by atoms with E-state index in [-0.39, 0.29) is 5.91 Å². The molecule has 2 aromatic carbocycles. The predicted molar refractivity (Wildman–Crippen MR) is 128 cm³/mol. The molecule has 32 heavy (non-hydrogen) atoms. The Bertz CT molecular complexity index is 1050. The molecule has 0 aliphatic carbocycles. The van der Waals surface area contributed by atoms with Crippen LogP contribution in [-0.4, -0.2) is 65.1 Å². The fourth-order valence-corrected chi connectivity index (χ4v) is 4.26.